The zero-order chi connectivity index (χ0) is 20.3. The van der Waals surface area contributed by atoms with Crippen LogP contribution in [0, 0.1) is 26.6 Å². The van der Waals surface area contributed by atoms with Crippen LogP contribution in [0.5, 0.6) is 0 Å². The van der Waals surface area contributed by atoms with Crippen molar-refractivity contribution in [2.75, 3.05) is 11.9 Å². The highest BCUT2D eigenvalue weighted by Crippen LogP contribution is 2.19. The number of halogens is 1. The minimum atomic E-state index is -0.656. The lowest BCUT2D eigenvalue weighted by molar-refractivity contribution is -0.119. The number of nitrogens with one attached hydrogen (secondary N) is 1. The monoisotopic (exact) mass is 381 g/mol. The summed E-state index contributed by atoms with van der Waals surface area (Å²) in [6.07, 6.45) is 0. The Kier molecular flexibility index (Phi) is 5.54. The summed E-state index contributed by atoms with van der Waals surface area (Å²) in [6, 6.07) is 13.8. The topological polar surface area (TPSA) is 73.2 Å². The summed E-state index contributed by atoms with van der Waals surface area (Å²) in [4.78, 5) is 24.5. The molecule has 1 N–H and O–H groups in total. The molecule has 2 aromatic carbocycles. The number of benzene rings is 2. The first-order valence-electron chi connectivity index (χ1n) is 8.71. The van der Waals surface area contributed by atoms with Crippen molar-refractivity contribution in [1.29, 1.82) is 0 Å². The molecule has 28 heavy (non-hydrogen) atoms. The highest BCUT2D eigenvalue weighted by molar-refractivity contribution is 5.96. The van der Waals surface area contributed by atoms with Gasteiger partial charge in [-0.25, -0.2) is 13.9 Å². The Labute approximate surface area is 161 Å². The Balaban J connectivity index is 1.68. The van der Waals surface area contributed by atoms with Crippen LogP contribution in [0.1, 0.15) is 27.3 Å². The molecule has 3 aromatic rings. The summed E-state index contributed by atoms with van der Waals surface area (Å²) < 4.78 is 20.6. The maximum atomic E-state index is 13.8. The fourth-order valence-corrected chi connectivity index (χ4v) is 2.87. The van der Waals surface area contributed by atoms with Gasteiger partial charge in [-0.1, -0.05) is 24.3 Å². The van der Waals surface area contributed by atoms with Crippen LogP contribution in [0.2, 0.25) is 0 Å². The van der Waals surface area contributed by atoms with Crippen LogP contribution in [0.3, 0.4) is 0 Å². The molecule has 3 rings (SSSR count). The van der Waals surface area contributed by atoms with Crippen LogP contribution in [0.15, 0.2) is 48.5 Å². The predicted octanol–water partition coefficient (Wildman–Crippen LogP) is 3.73. The normalized spacial score (nSPS) is 10.6. The summed E-state index contributed by atoms with van der Waals surface area (Å²) in [5.41, 5.74) is 3.00. The Morgan fingerprint density at radius 2 is 1.82 bits per heavy atom. The van der Waals surface area contributed by atoms with Crippen molar-refractivity contribution in [3.8, 4) is 5.69 Å². The van der Waals surface area contributed by atoms with Crippen molar-refractivity contribution < 1.29 is 18.7 Å². The molecule has 6 nitrogen and oxygen atoms in total. The van der Waals surface area contributed by atoms with Gasteiger partial charge in [0.1, 0.15) is 11.4 Å². The zero-order valence-corrected chi connectivity index (χ0v) is 15.8. The van der Waals surface area contributed by atoms with Crippen molar-refractivity contribution in [3.63, 3.8) is 0 Å². The number of anilines is 1. The fourth-order valence-electron chi connectivity index (χ4n) is 2.87. The van der Waals surface area contributed by atoms with E-state index in [9.17, 15) is 14.0 Å². The molecule has 0 unspecified atom stereocenters. The van der Waals surface area contributed by atoms with Gasteiger partial charge in [-0.2, -0.15) is 5.10 Å². The molecule has 7 heteroatoms. The van der Waals surface area contributed by atoms with Crippen LogP contribution in [0.4, 0.5) is 10.1 Å². The minimum absolute atomic E-state index is 0.0379. The molecule has 144 valence electrons. The predicted molar refractivity (Wildman–Crippen MR) is 103 cm³/mol. The second-order valence-electron chi connectivity index (χ2n) is 6.40. The third-order valence-electron chi connectivity index (χ3n) is 4.23. The first kappa shape index (κ1) is 19.3. The maximum absolute atomic E-state index is 13.8. The summed E-state index contributed by atoms with van der Waals surface area (Å²) >= 11 is 0. The number of rotatable bonds is 5. The molecule has 1 aromatic heterocycles. The van der Waals surface area contributed by atoms with Crippen LogP contribution in [-0.4, -0.2) is 28.3 Å². The van der Waals surface area contributed by atoms with Gasteiger partial charge in [0.15, 0.2) is 6.61 Å². The van der Waals surface area contributed by atoms with E-state index in [2.05, 4.69) is 10.4 Å². The summed E-state index contributed by atoms with van der Waals surface area (Å²) in [6.45, 7) is 4.68. The van der Waals surface area contributed by atoms with Gasteiger partial charge in [-0.3, -0.25) is 4.79 Å². The molecular formula is C21H20FN3O3. The molecule has 0 aliphatic rings. The van der Waals surface area contributed by atoms with Crippen molar-refractivity contribution in [3.05, 3.63) is 76.9 Å². The number of esters is 1. The number of hydrogen-bond acceptors (Lipinski definition) is 4. The fraction of sp³-hybridized carbons (Fsp3) is 0.190. The first-order chi connectivity index (χ1) is 13.4. The highest BCUT2D eigenvalue weighted by atomic mass is 19.1. The average molecular weight is 381 g/mol. The van der Waals surface area contributed by atoms with Crippen molar-refractivity contribution in [1.82, 2.24) is 9.78 Å². The Morgan fingerprint density at radius 1 is 1.11 bits per heavy atom. The van der Waals surface area contributed by atoms with Gasteiger partial charge in [0.2, 0.25) is 0 Å². The van der Waals surface area contributed by atoms with E-state index in [4.69, 9.17) is 4.74 Å². The van der Waals surface area contributed by atoms with E-state index in [1.807, 2.05) is 30.3 Å². The number of carbonyl (C=O) groups is 2. The molecule has 0 radical (unpaired) electrons. The van der Waals surface area contributed by atoms with Gasteiger partial charge in [0.05, 0.1) is 22.8 Å². The van der Waals surface area contributed by atoms with Crippen LogP contribution >= 0.6 is 0 Å². The number of carbonyl (C=O) groups excluding carboxylic acids is 2. The Morgan fingerprint density at radius 3 is 2.50 bits per heavy atom. The van der Waals surface area contributed by atoms with Gasteiger partial charge >= 0.3 is 5.97 Å². The lowest BCUT2D eigenvalue weighted by Crippen LogP contribution is -2.22. The molecule has 0 saturated heterocycles. The van der Waals surface area contributed by atoms with E-state index >= 15 is 0 Å². The quantitative estimate of drug-likeness (QED) is 0.684. The van der Waals surface area contributed by atoms with Crippen LogP contribution < -0.4 is 5.32 Å². The number of nitrogens with zero attached hydrogens (tertiary/aromatic N) is 2. The van der Waals surface area contributed by atoms with Gasteiger partial charge in [-0.05, 0) is 50.6 Å². The molecule has 0 bridgehead atoms. The molecule has 0 saturated carbocycles. The molecule has 0 fully saturated rings. The number of aryl methyl sites for hydroxylation is 2. The van der Waals surface area contributed by atoms with Crippen molar-refractivity contribution >= 4 is 17.6 Å². The third-order valence-corrected chi connectivity index (χ3v) is 4.23. The largest absolute Gasteiger partial charge is 0.452 e. The molecule has 0 aliphatic carbocycles. The lowest BCUT2D eigenvalue weighted by Gasteiger charge is -2.08. The SMILES string of the molecule is Cc1ccc(NC(=O)COC(=O)c2c(C)nn(-c3ccccc3)c2C)c(F)c1. The number of aromatic nitrogens is 2. The third kappa shape index (κ3) is 4.09. The smallest absolute Gasteiger partial charge is 0.342 e. The number of hydrogen-bond donors (Lipinski definition) is 1. The molecule has 1 amide bonds. The average Bonchev–Trinajstić information content (AvgIpc) is 2.97. The second-order valence-corrected chi connectivity index (χ2v) is 6.40. The molecule has 0 atom stereocenters. The van der Waals surface area contributed by atoms with Gasteiger partial charge in [0.25, 0.3) is 5.91 Å². The minimum Gasteiger partial charge on any atom is -0.452 e. The molecular weight excluding hydrogens is 361 g/mol. The van der Waals surface area contributed by atoms with Gasteiger partial charge in [0, 0.05) is 0 Å². The van der Waals surface area contributed by atoms with Crippen LogP contribution in [-0.2, 0) is 9.53 Å². The Hall–Kier alpha value is -3.48. The van der Waals surface area contributed by atoms with Gasteiger partial charge in [-0.15, -0.1) is 0 Å². The molecule has 0 spiro atoms. The number of amides is 1. The van der Waals surface area contributed by atoms with Crippen LogP contribution in [0.25, 0.3) is 5.69 Å². The number of ether oxygens (including phenoxy) is 1. The molecule has 1 heterocycles. The van der Waals surface area contributed by atoms with E-state index < -0.39 is 24.3 Å². The van der Waals surface area contributed by atoms with Crippen molar-refractivity contribution in [2.24, 2.45) is 0 Å². The van der Waals surface area contributed by atoms with Crippen molar-refractivity contribution in [2.45, 2.75) is 20.8 Å². The first-order valence-corrected chi connectivity index (χ1v) is 8.71. The van der Waals surface area contributed by atoms with Gasteiger partial charge < -0.3 is 10.1 Å². The van der Waals surface area contributed by atoms with E-state index in [0.717, 1.165) is 11.3 Å². The summed E-state index contributed by atoms with van der Waals surface area (Å²) in [5.74, 6) is -1.82. The van der Waals surface area contributed by atoms with E-state index in [-0.39, 0.29) is 5.69 Å². The zero-order valence-electron chi connectivity index (χ0n) is 15.8. The summed E-state index contributed by atoms with van der Waals surface area (Å²) in [5, 5.41) is 6.77. The van der Waals surface area contributed by atoms with E-state index in [1.165, 1.54) is 12.1 Å². The van der Waals surface area contributed by atoms with E-state index in [1.54, 1.807) is 31.5 Å². The lowest BCUT2D eigenvalue weighted by atomic mass is 10.2. The maximum Gasteiger partial charge on any atom is 0.342 e. The number of para-hydroxylation sites is 1. The summed E-state index contributed by atoms with van der Waals surface area (Å²) in [7, 11) is 0. The Bertz CT molecular complexity index is 1030. The standard InChI is InChI=1S/C21H20FN3O3/c1-13-9-10-18(17(22)11-13)23-19(26)12-28-21(27)20-14(2)24-25(15(20)3)16-7-5-4-6-8-16/h4-11H,12H2,1-3H3,(H,23,26). The highest BCUT2D eigenvalue weighted by Gasteiger charge is 2.21. The second kappa shape index (κ2) is 8.04. The van der Waals surface area contributed by atoms with E-state index in [0.29, 0.717) is 17.0 Å². The molecule has 0 aliphatic heterocycles.